The first kappa shape index (κ1) is 15.2. The number of carboxylic acid groups (broad SMARTS) is 1. The van der Waals surface area contributed by atoms with Crippen molar-refractivity contribution in [2.45, 2.75) is 19.0 Å². The molecule has 0 aliphatic rings. The lowest BCUT2D eigenvalue weighted by molar-refractivity contribution is -0.139. The van der Waals surface area contributed by atoms with E-state index in [-0.39, 0.29) is 12.4 Å². The van der Waals surface area contributed by atoms with E-state index >= 15 is 0 Å². The normalized spacial score (nSPS) is 12.4. The van der Waals surface area contributed by atoms with Crippen LogP contribution in [0.3, 0.4) is 0 Å². The number of rotatable bonds is 6. The predicted molar refractivity (Wildman–Crippen MR) is 86.7 cm³/mol. The first-order valence-corrected chi connectivity index (χ1v) is 7.40. The SMILES string of the molecule is O=C(O)C(Cc1c[nH]c2ccccc12)NCc1ccccc1F. The van der Waals surface area contributed by atoms with Crippen molar-refractivity contribution in [1.29, 1.82) is 0 Å². The molecule has 0 bridgehead atoms. The van der Waals surface area contributed by atoms with Gasteiger partial charge < -0.3 is 10.1 Å². The number of benzene rings is 2. The summed E-state index contributed by atoms with van der Waals surface area (Å²) in [6, 6.07) is 13.3. The second-order valence-corrected chi connectivity index (χ2v) is 5.43. The molecular formula is C18H17FN2O2. The third-order valence-corrected chi connectivity index (χ3v) is 3.89. The number of carbonyl (C=O) groups is 1. The monoisotopic (exact) mass is 312 g/mol. The summed E-state index contributed by atoms with van der Waals surface area (Å²) in [6.07, 6.45) is 2.15. The van der Waals surface area contributed by atoms with Crippen molar-refractivity contribution in [3.05, 3.63) is 71.7 Å². The van der Waals surface area contributed by atoms with E-state index in [9.17, 15) is 14.3 Å². The van der Waals surface area contributed by atoms with Gasteiger partial charge in [-0.3, -0.25) is 10.1 Å². The van der Waals surface area contributed by atoms with E-state index in [2.05, 4.69) is 10.3 Å². The van der Waals surface area contributed by atoms with Crippen molar-refractivity contribution in [2.24, 2.45) is 0 Å². The third-order valence-electron chi connectivity index (χ3n) is 3.89. The number of para-hydroxylation sites is 1. The van der Waals surface area contributed by atoms with Gasteiger partial charge >= 0.3 is 5.97 Å². The molecule has 0 spiro atoms. The highest BCUT2D eigenvalue weighted by Gasteiger charge is 2.19. The van der Waals surface area contributed by atoms with Gasteiger partial charge in [-0.2, -0.15) is 0 Å². The smallest absolute Gasteiger partial charge is 0.321 e. The Morgan fingerprint density at radius 2 is 1.87 bits per heavy atom. The predicted octanol–water partition coefficient (Wildman–Crippen LogP) is 3.09. The van der Waals surface area contributed by atoms with E-state index in [1.54, 1.807) is 18.2 Å². The molecule has 0 radical (unpaired) electrons. The average molecular weight is 312 g/mol. The zero-order valence-corrected chi connectivity index (χ0v) is 12.4. The first-order chi connectivity index (χ1) is 11.1. The maximum Gasteiger partial charge on any atom is 0.321 e. The van der Waals surface area contributed by atoms with Gasteiger partial charge in [0.1, 0.15) is 11.9 Å². The minimum Gasteiger partial charge on any atom is -0.480 e. The Bertz CT molecular complexity index is 829. The molecule has 4 nitrogen and oxygen atoms in total. The lowest BCUT2D eigenvalue weighted by Gasteiger charge is -2.14. The maximum atomic E-state index is 13.6. The summed E-state index contributed by atoms with van der Waals surface area (Å²) in [5.74, 6) is -1.29. The van der Waals surface area contributed by atoms with Crippen molar-refractivity contribution in [3.8, 4) is 0 Å². The number of aromatic amines is 1. The van der Waals surface area contributed by atoms with Crippen LogP contribution in [0, 0.1) is 5.82 Å². The summed E-state index contributed by atoms with van der Waals surface area (Å²) in [5.41, 5.74) is 2.35. The van der Waals surface area contributed by atoms with Crippen LogP contribution in [0.25, 0.3) is 10.9 Å². The molecule has 0 saturated heterocycles. The van der Waals surface area contributed by atoms with Crippen LogP contribution in [0.1, 0.15) is 11.1 Å². The van der Waals surface area contributed by atoms with E-state index in [0.29, 0.717) is 12.0 Å². The molecule has 3 rings (SSSR count). The number of nitrogens with one attached hydrogen (secondary N) is 2. The Morgan fingerprint density at radius 1 is 1.13 bits per heavy atom. The molecule has 5 heteroatoms. The van der Waals surface area contributed by atoms with Crippen LogP contribution < -0.4 is 5.32 Å². The van der Waals surface area contributed by atoms with Crippen molar-refractivity contribution < 1.29 is 14.3 Å². The van der Waals surface area contributed by atoms with Gasteiger partial charge in [-0.05, 0) is 17.7 Å². The van der Waals surface area contributed by atoms with Gasteiger partial charge in [0.25, 0.3) is 0 Å². The molecule has 0 saturated carbocycles. The molecule has 1 aromatic heterocycles. The fourth-order valence-corrected chi connectivity index (χ4v) is 2.64. The van der Waals surface area contributed by atoms with Gasteiger partial charge in [0.05, 0.1) is 0 Å². The topological polar surface area (TPSA) is 65.1 Å². The summed E-state index contributed by atoms with van der Waals surface area (Å²) in [4.78, 5) is 14.6. The molecule has 3 N–H and O–H groups in total. The number of hydrogen-bond acceptors (Lipinski definition) is 2. The molecule has 2 aromatic carbocycles. The number of carboxylic acids is 1. The van der Waals surface area contributed by atoms with Crippen molar-refractivity contribution >= 4 is 16.9 Å². The average Bonchev–Trinajstić information content (AvgIpc) is 2.95. The van der Waals surface area contributed by atoms with Gasteiger partial charge in [-0.1, -0.05) is 36.4 Å². The number of fused-ring (bicyclic) bond motifs is 1. The van der Waals surface area contributed by atoms with Gasteiger partial charge in [0.2, 0.25) is 0 Å². The molecule has 0 aliphatic heterocycles. The number of H-pyrrole nitrogens is 1. The number of hydrogen-bond donors (Lipinski definition) is 3. The second-order valence-electron chi connectivity index (χ2n) is 5.43. The second kappa shape index (κ2) is 6.62. The summed E-state index contributed by atoms with van der Waals surface area (Å²) in [7, 11) is 0. The Labute approximate surface area is 133 Å². The molecule has 0 amide bonds. The Hall–Kier alpha value is -2.66. The molecule has 1 heterocycles. The van der Waals surface area contributed by atoms with E-state index < -0.39 is 12.0 Å². The highest BCUT2D eigenvalue weighted by Crippen LogP contribution is 2.19. The fraction of sp³-hybridized carbons (Fsp3) is 0.167. The number of aliphatic carboxylic acids is 1. The highest BCUT2D eigenvalue weighted by atomic mass is 19.1. The number of aromatic nitrogens is 1. The summed E-state index contributed by atoms with van der Waals surface area (Å²) >= 11 is 0. The first-order valence-electron chi connectivity index (χ1n) is 7.40. The summed E-state index contributed by atoms with van der Waals surface area (Å²) in [6.45, 7) is 0.173. The maximum absolute atomic E-state index is 13.6. The molecule has 118 valence electrons. The minimum absolute atomic E-state index is 0.173. The van der Waals surface area contributed by atoms with E-state index in [1.165, 1.54) is 6.07 Å². The molecule has 0 fully saturated rings. The number of halogens is 1. The van der Waals surface area contributed by atoms with Crippen LogP contribution >= 0.6 is 0 Å². The van der Waals surface area contributed by atoms with E-state index in [0.717, 1.165) is 16.5 Å². The molecule has 1 atom stereocenters. The van der Waals surface area contributed by atoms with Crippen LogP contribution in [0.2, 0.25) is 0 Å². The van der Waals surface area contributed by atoms with Crippen LogP contribution in [0.5, 0.6) is 0 Å². The molecule has 23 heavy (non-hydrogen) atoms. The minimum atomic E-state index is -0.952. The Morgan fingerprint density at radius 3 is 2.65 bits per heavy atom. The molecular weight excluding hydrogens is 295 g/mol. The Kier molecular flexibility index (Phi) is 4.39. The third kappa shape index (κ3) is 3.40. The summed E-state index contributed by atoms with van der Waals surface area (Å²) in [5, 5.41) is 13.4. The van der Waals surface area contributed by atoms with Crippen LogP contribution in [0.15, 0.2) is 54.7 Å². The van der Waals surface area contributed by atoms with Gasteiger partial charge in [-0.15, -0.1) is 0 Å². The van der Waals surface area contributed by atoms with Crippen molar-refractivity contribution in [3.63, 3.8) is 0 Å². The lowest BCUT2D eigenvalue weighted by atomic mass is 10.0. The van der Waals surface area contributed by atoms with Crippen LogP contribution in [-0.4, -0.2) is 22.1 Å². The van der Waals surface area contributed by atoms with E-state index in [4.69, 9.17) is 0 Å². The fourth-order valence-electron chi connectivity index (χ4n) is 2.64. The van der Waals surface area contributed by atoms with Crippen molar-refractivity contribution in [1.82, 2.24) is 10.3 Å². The lowest BCUT2D eigenvalue weighted by Crippen LogP contribution is -2.38. The zero-order chi connectivity index (χ0) is 16.2. The van der Waals surface area contributed by atoms with E-state index in [1.807, 2.05) is 30.5 Å². The quantitative estimate of drug-likeness (QED) is 0.655. The standard InChI is InChI=1S/C18H17FN2O2/c19-15-7-3-1-5-12(15)10-21-17(18(22)23)9-13-11-20-16-8-4-2-6-14(13)16/h1-8,11,17,20-21H,9-10H2,(H,22,23). The molecule has 3 aromatic rings. The van der Waals surface area contributed by atoms with Gasteiger partial charge in [-0.25, -0.2) is 4.39 Å². The molecule has 0 aliphatic carbocycles. The molecule has 1 unspecified atom stereocenters. The highest BCUT2D eigenvalue weighted by molar-refractivity contribution is 5.84. The van der Waals surface area contributed by atoms with Crippen LogP contribution in [0.4, 0.5) is 4.39 Å². The Balaban J connectivity index is 1.75. The van der Waals surface area contributed by atoms with Gasteiger partial charge in [0, 0.05) is 35.6 Å². The largest absolute Gasteiger partial charge is 0.480 e. The van der Waals surface area contributed by atoms with Gasteiger partial charge in [0.15, 0.2) is 0 Å². The van der Waals surface area contributed by atoms with Crippen molar-refractivity contribution in [2.75, 3.05) is 0 Å². The summed E-state index contributed by atoms with van der Waals surface area (Å²) < 4.78 is 13.6. The van der Waals surface area contributed by atoms with Crippen LogP contribution in [-0.2, 0) is 17.8 Å². The zero-order valence-electron chi connectivity index (χ0n) is 12.4.